The largest absolute Gasteiger partial charge is 0.505 e. The molecule has 6 rings (SSSR count). The average Bonchev–Trinajstić information content (AvgIpc) is 0.753. The van der Waals surface area contributed by atoms with Crippen molar-refractivity contribution in [2.75, 3.05) is 189 Å². The minimum absolute atomic E-state index is 0.0586. The van der Waals surface area contributed by atoms with Crippen molar-refractivity contribution in [3.63, 3.8) is 0 Å². The summed E-state index contributed by atoms with van der Waals surface area (Å²) in [7, 11) is 11.2. The number of carbonyl (C=O) groups excluding carboxylic acids is 2. The molecule has 0 saturated carbocycles. The molecule has 0 aromatic heterocycles. The fraction of sp³-hybridized carbons (Fsp3) is 0.780. The highest BCUT2D eigenvalue weighted by Crippen LogP contribution is 2.35. The molecule has 0 radical (unpaired) electrons. The Bertz CT molecular complexity index is 4630. The van der Waals surface area contributed by atoms with Gasteiger partial charge in [0, 0.05) is 119 Å². The second kappa shape index (κ2) is 68.3. The molecule has 0 bridgehead atoms. The van der Waals surface area contributed by atoms with Crippen molar-refractivity contribution in [1.29, 1.82) is 0 Å². The fourth-order valence-corrected chi connectivity index (χ4v) is 18.1. The van der Waals surface area contributed by atoms with Gasteiger partial charge in [-0.2, -0.15) is 0 Å². The first-order chi connectivity index (χ1) is 66.7. The van der Waals surface area contributed by atoms with Gasteiger partial charge in [-0.25, -0.2) is 0 Å². The summed E-state index contributed by atoms with van der Waals surface area (Å²) in [5.74, 6) is 0.00836. The third-order valence-corrected chi connectivity index (χ3v) is 27.1. The van der Waals surface area contributed by atoms with Crippen LogP contribution in [-0.4, -0.2) is 195 Å². The van der Waals surface area contributed by atoms with Gasteiger partial charge < -0.3 is 70.7 Å². The number of anilines is 7. The van der Waals surface area contributed by atoms with E-state index in [1.54, 1.807) is 7.11 Å². The Morgan fingerprint density at radius 2 is 0.559 bits per heavy atom. The molecule has 24 nitrogen and oxygen atoms in total. The lowest BCUT2D eigenvalue weighted by Crippen LogP contribution is -2.45. The van der Waals surface area contributed by atoms with Crippen LogP contribution in [0.2, 0.25) is 0 Å². The summed E-state index contributed by atoms with van der Waals surface area (Å²) >= 11 is 1.34. The molecule has 143 heavy (non-hydrogen) atoms. The first kappa shape index (κ1) is 134. The van der Waals surface area contributed by atoms with E-state index in [9.17, 15) is 53.1 Å². The molecule has 4 aromatic rings. The molecule has 0 fully saturated rings. The van der Waals surface area contributed by atoms with Gasteiger partial charge in [0.1, 0.15) is 51.2 Å². The van der Waals surface area contributed by atoms with Crippen molar-refractivity contribution in [3.8, 4) is 0 Å². The van der Waals surface area contributed by atoms with E-state index in [4.69, 9.17) is 4.74 Å². The number of hydrogen-bond donors (Lipinski definition) is 6. The monoisotopic (exact) mass is 2020 g/mol. The van der Waals surface area contributed by atoms with E-state index >= 15 is 0 Å². The number of rotatable bonds is 67. The van der Waals surface area contributed by atoms with E-state index in [-0.39, 0.29) is 82.7 Å². The molecule has 0 heterocycles. The van der Waals surface area contributed by atoms with Crippen molar-refractivity contribution >= 4 is 63.1 Å². The first-order valence-corrected chi connectivity index (χ1v) is 56.7. The number of nitrogens with one attached hydrogen (secondary N) is 5. The van der Waals surface area contributed by atoms with Gasteiger partial charge in [-0.3, -0.25) is 47.9 Å². The van der Waals surface area contributed by atoms with Crippen LogP contribution in [0.25, 0.3) is 0 Å². The highest BCUT2D eigenvalue weighted by Gasteiger charge is 2.38. The zero-order valence-corrected chi connectivity index (χ0v) is 98.2. The van der Waals surface area contributed by atoms with E-state index in [2.05, 4.69) is 228 Å². The average molecular weight is 2020 g/mol. The molecule has 2 aliphatic carbocycles. The van der Waals surface area contributed by atoms with Crippen LogP contribution in [0.1, 0.15) is 411 Å². The van der Waals surface area contributed by atoms with E-state index in [0.717, 1.165) is 173 Å². The molecule has 0 amide bonds. The number of unbranched alkanes of at least 4 members (excludes halogenated alkanes) is 20. The van der Waals surface area contributed by atoms with Crippen LogP contribution in [0.3, 0.4) is 0 Å². The topological polar surface area (TPSA) is 283 Å². The zero-order valence-electron chi connectivity index (χ0n) is 97.4. The number of aliphatic hydroxyl groups excluding tert-OH is 1. The molecule has 6 N–H and O–H groups in total. The summed E-state index contributed by atoms with van der Waals surface area (Å²) in [5, 5.41) is 25.6. The first-order valence-electron chi connectivity index (χ1n) is 55.5. The molecular formula is C118H212N12O12S. The van der Waals surface area contributed by atoms with Crippen molar-refractivity contribution in [3.05, 3.63) is 129 Å². The third-order valence-electron chi connectivity index (χ3n) is 26.3. The third kappa shape index (κ3) is 54.4. The number of allylic oxidation sites excluding steroid dienone is 4. The quantitative estimate of drug-likeness (QED) is 0.0104. The molecule has 4 aromatic carbocycles. The van der Waals surface area contributed by atoms with Crippen LogP contribution in [-0.2, 0) is 14.3 Å². The van der Waals surface area contributed by atoms with Gasteiger partial charge in [0.25, 0.3) is 38.0 Å². The summed E-state index contributed by atoms with van der Waals surface area (Å²) in [6.45, 7) is 76.6. The van der Waals surface area contributed by atoms with Crippen LogP contribution in [0.5, 0.6) is 0 Å². The van der Waals surface area contributed by atoms with Crippen molar-refractivity contribution < 1.29 is 19.4 Å². The summed E-state index contributed by atoms with van der Waals surface area (Å²) in [6, 6.07) is 0. The van der Waals surface area contributed by atoms with Gasteiger partial charge in [0.05, 0.1) is 22.8 Å². The van der Waals surface area contributed by atoms with E-state index in [1.165, 1.54) is 179 Å². The van der Waals surface area contributed by atoms with Crippen LogP contribution < -0.4 is 84.7 Å². The molecular weight excluding hydrogens is 1810 g/mol. The van der Waals surface area contributed by atoms with E-state index in [0.29, 0.717) is 85.4 Å². The van der Waals surface area contributed by atoms with Gasteiger partial charge in [-0.15, -0.1) is 11.8 Å². The van der Waals surface area contributed by atoms with Gasteiger partial charge in [-0.1, -0.05) is 294 Å². The number of thioether (sulfide) groups is 1. The maximum absolute atomic E-state index is 12.3. The van der Waals surface area contributed by atoms with Crippen molar-refractivity contribution in [2.24, 2.45) is 32.5 Å². The lowest BCUT2D eigenvalue weighted by molar-refractivity contribution is -0.116. The van der Waals surface area contributed by atoms with Crippen LogP contribution in [0, 0.1) is 32.5 Å². The highest BCUT2D eigenvalue weighted by molar-refractivity contribution is 7.98. The SMILES string of the molecule is C=C1C(=O)C(N(C)CCCC(C)(C)C)=C1NC(C)(C)C.C=C1C(=O)C(N(C)CCCC(C)(C)C)=C1O.CCCCCCCCN(CCCCCCCC)CCCNc1c(N(C)CCCC(C)(C)C)c(=O)c1=O.CCCCCCCCN(CCCCCCCC)CCNc1c(N(C)CCCC(C)(C)C)c(=O)c1=O.COCCNc1c(N(C)CCCC(C)(C)C)c(=O)c1=O.CSc1c(NCCCC(C)(C)C)c(=O)c1=O. The number of methoxy groups -OCH3 is 1. The van der Waals surface area contributed by atoms with Crippen LogP contribution >= 0.6 is 11.8 Å². The maximum atomic E-state index is 12.3. The number of hydrogen-bond acceptors (Lipinski definition) is 25. The molecule has 0 atom stereocenters. The maximum Gasteiger partial charge on any atom is 0.253 e. The Labute approximate surface area is 874 Å². The zero-order chi connectivity index (χ0) is 109. The number of likely N-dealkylation sites (N-methyl/N-ethyl adjacent to an activating group) is 2. The minimum atomic E-state index is -0.418. The minimum Gasteiger partial charge on any atom is -0.505 e. The number of ether oxygens (including phenoxy) is 1. The summed E-state index contributed by atoms with van der Waals surface area (Å²) in [4.78, 5) is 134. The lowest BCUT2D eigenvalue weighted by atomic mass is 9.88. The Hall–Kier alpha value is -7.35. The fourth-order valence-electron chi connectivity index (χ4n) is 17.5. The number of Topliss-reactive ketones (excluding diaryl/α,β-unsaturated/α-hetero) is 2. The summed E-state index contributed by atoms with van der Waals surface area (Å²) in [5.41, 5.74) is 5.59. The number of nitrogens with zero attached hydrogens (tertiary/aromatic N) is 7. The van der Waals surface area contributed by atoms with Gasteiger partial charge in [-0.05, 0) is 201 Å². The van der Waals surface area contributed by atoms with E-state index < -0.39 is 5.43 Å². The van der Waals surface area contributed by atoms with Gasteiger partial charge >= 0.3 is 0 Å². The predicted molar refractivity (Wildman–Crippen MR) is 619 cm³/mol. The molecule has 0 saturated heterocycles. The van der Waals surface area contributed by atoms with Gasteiger partial charge in [0.2, 0.25) is 17.0 Å². The Kier molecular flexibility index (Phi) is 63.8. The molecule has 25 heteroatoms. The number of aliphatic hydroxyl groups is 1. The second-order valence-electron chi connectivity index (χ2n) is 49.0. The second-order valence-corrected chi connectivity index (χ2v) is 49.8. The number of ketones is 2. The van der Waals surface area contributed by atoms with Crippen molar-refractivity contribution in [2.45, 2.75) is 421 Å². The molecule has 2 aliphatic rings. The summed E-state index contributed by atoms with van der Waals surface area (Å²) < 4.78 is 4.93. The lowest BCUT2D eigenvalue weighted by Gasteiger charge is -2.36. The van der Waals surface area contributed by atoms with Crippen molar-refractivity contribution in [1.82, 2.24) is 24.9 Å². The molecule has 822 valence electrons. The van der Waals surface area contributed by atoms with E-state index in [1.807, 2.05) is 61.1 Å². The number of carbonyl (C=O) groups is 2. The highest BCUT2D eigenvalue weighted by atomic mass is 32.2. The Morgan fingerprint density at radius 1 is 0.294 bits per heavy atom. The Balaban J connectivity index is 0.000000885. The van der Waals surface area contributed by atoms with Gasteiger partial charge in [0.15, 0.2) is 5.76 Å². The predicted octanol–water partition coefficient (Wildman–Crippen LogP) is 24.3. The normalized spacial score (nSPS) is 13.1. The standard InChI is InChI=1S/C31H59N3O2.C30H57N3O2.C17H30N2O.C15H26N2O3.C13H21NO2.C12H19NO2S/c1-7-9-11-13-15-17-24-34(25-18-16-14-12-10-8-2)26-20-22-32-27-28(30(36)29(27)35)33(6)23-19-21-31(3,4)5;1-7-9-11-13-15-17-23-33(24-18-16-14-12-10-8-2)25-21-31-26-27(29(35)28(26)34)32(6)22-19-20-30(3,4)5;1-12-13(18-17(5,6)7)14(15(12)20)19(8)11-9-10-16(2,3)4;1-15(2,3)7-6-9-17(4)12-11(13(18)14(12)19)16-8-10-20-5;1-9-11(15)10(12(9)16)14(5)8-6-7-13(2,3)4;1-12(2,3)6-5-7-13-8-9(14)10(15)11(8)16-4/h32H,7-26H2,1-6H3;31H,7-25H2,1-6H3;18H,1,9-11H2,2-8H3;16H,6-10H2,1-5H3;15H,1,6-8H2,2-5H3;13H,5-7H2,1-4H3. The Morgan fingerprint density at radius 3 is 0.874 bits per heavy atom. The smallest absolute Gasteiger partial charge is 0.253 e. The molecule has 0 aliphatic heterocycles. The van der Waals surface area contributed by atoms with Crippen LogP contribution in [0.15, 0.2) is 90.4 Å². The molecule has 0 spiro atoms. The molecule has 0 unspecified atom stereocenters. The summed E-state index contributed by atoms with van der Waals surface area (Å²) in [6.07, 6.45) is 47.4. The van der Waals surface area contributed by atoms with Crippen LogP contribution in [0.4, 0.5) is 39.8 Å².